The number of thioether (sulfide) groups is 1. The second-order valence-corrected chi connectivity index (χ2v) is 7.31. The summed E-state index contributed by atoms with van der Waals surface area (Å²) in [6.45, 7) is 2.43. The molecule has 1 saturated heterocycles. The lowest BCUT2D eigenvalue weighted by Crippen LogP contribution is -2.08. The average Bonchev–Trinajstić information content (AvgIpc) is 3.06. The lowest BCUT2D eigenvalue weighted by atomic mass is 10.2. The summed E-state index contributed by atoms with van der Waals surface area (Å²) in [7, 11) is 0. The summed E-state index contributed by atoms with van der Waals surface area (Å²) in [6, 6.07) is 5.65. The van der Waals surface area contributed by atoms with Gasteiger partial charge in [-0.05, 0) is 24.6 Å². The van der Waals surface area contributed by atoms with Crippen LogP contribution in [-0.4, -0.2) is 28.0 Å². The van der Waals surface area contributed by atoms with Gasteiger partial charge in [0.15, 0.2) is 4.34 Å². The Labute approximate surface area is 135 Å². The summed E-state index contributed by atoms with van der Waals surface area (Å²) in [5, 5.41) is 12.6. The molecule has 0 aliphatic carbocycles. The molecule has 0 bridgehead atoms. The van der Waals surface area contributed by atoms with Gasteiger partial charge in [-0.3, -0.25) is 4.79 Å². The highest BCUT2D eigenvalue weighted by molar-refractivity contribution is 8.02. The van der Waals surface area contributed by atoms with E-state index >= 15 is 0 Å². The first-order valence-electron chi connectivity index (χ1n) is 6.32. The van der Waals surface area contributed by atoms with E-state index in [4.69, 9.17) is 16.3 Å². The molecule has 1 aliphatic rings. The van der Waals surface area contributed by atoms with Crippen molar-refractivity contribution in [2.75, 3.05) is 11.9 Å². The lowest BCUT2D eigenvalue weighted by molar-refractivity contribution is -0.137. The van der Waals surface area contributed by atoms with Crippen LogP contribution in [0.25, 0.3) is 0 Å². The smallest absolute Gasteiger partial charge is 0.319 e. The van der Waals surface area contributed by atoms with Gasteiger partial charge >= 0.3 is 5.97 Å². The fourth-order valence-electron chi connectivity index (χ4n) is 1.87. The monoisotopic (exact) mass is 341 g/mol. The highest BCUT2D eigenvalue weighted by Crippen LogP contribution is 2.34. The van der Waals surface area contributed by atoms with E-state index in [1.54, 1.807) is 0 Å². The summed E-state index contributed by atoms with van der Waals surface area (Å²) in [5.41, 5.74) is 1.86. The number of hydrogen-bond donors (Lipinski definition) is 1. The van der Waals surface area contributed by atoms with E-state index in [2.05, 4.69) is 15.5 Å². The van der Waals surface area contributed by atoms with Crippen LogP contribution in [0, 0.1) is 6.92 Å². The molecule has 0 radical (unpaired) electrons. The van der Waals surface area contributed by atoms with E-state index < -0.39 is 0 Å². The molecule has 0 unspecified atom stereocenters. The second kappa shape index (κ2) is 6.21. The molecular weight excluding hydrogens is 330 g/mol. The van der Waals surface area contributed by atoms with Gasteiger partial charge in [0, 0.05) is 17.1 Å². The molecule has 8 heteroatoms. The van der Waals surface area contributed by atoms with Crippen LogP contribution >= 0.6 is 34.7 Å². The Morgan fingerprint density at radius 3 is 3.10 bits per heavy atom. The lowest BCUT2D eigenvalue weighted by Gasteiger charge is -2.07. The number of nitrogens with zero attached hydrogens (tertiary/aromatic N) is 2. The molecule has 1 atom stereocenters. The maximum Gasteiger partial charge on any atom is 0.319 e. The van der Waals surface area contributed by atoms with Crippen molar-refractivity contribution in [3.05, 3.63) is 28.8 Å². The Hall–Kier alpha value is -1.31. The van der Waals surface area contributed by atoms with Crippen LogP contribution in [0.4, 0.5) is 10.8 Å². The van der Waals surface area contributed by atoms with Gasteiger partial charge in [-0.2, -0.15) is 0 Å². The van der Waals surface area contributed by atoms with Crippen molar-refractivity contribution in [2.45, 2.75) is 22.9 Å². The Morgan fingerprint density at radius 2 is 2.33 bits per heavy atom. The number of rotatable bonds is 4. The minimum Gasteiger partial charge on any atom is -0.465 e. The van der Waals surface area contributed by atoms with Crippen molar-refractivity contribution < 1.29 is 9.53 Å². The van der Waals surface area contributed by atoms with Gasteiger partial charge in [0.05, 0.1) is 6.61 Å². The third-order valence-electron chi connectivity index (χ3n) is 3.05. The van der Waals surface area contributed by atoms with Gasteiger partial charge in [0.2, 0.25) is 5.13 Å². The van der Waals surface area contributed by atoms with E-state index in [-0.39, 0.29) is 11.2 Å². The highest BCUT2D eigenvalue weighted by atomic mass is 35.5. The maximum absolute atomic E-state index is 11.4. The van der Waals surface area contributed by atoms with Crippen LogP contribution < -0.4 is 5.32 Å². The highest BCUT2D eigenvalue weighted by Gasteiger charge is 2.28. The normalized spacial score (nSPS) is 17.8. The number of nitrogens with one attached hydrogen (secondary N) is 1. The first kappa shape index (κ1) is 14.6. The molecule has 0 saturated carbocycles. The molecule has 2 heterocycles. The second-order valence-electron chi connectivity index (χ2n) is 4.47. The number of cyclic esters (lactones) is 1. The summed E-state index contributed by atoms with van der Waals surface area (Å²) < 4.78 is 5.69. The van der Waals surface area contributed by atoms with Gasteiger partial charge in [0.25, 0.3) is 0 Å². The van der Waals surface area contributed by atoms with E-state index in [0.717, 1.165) is 22.0 Å². The Morgan fingerprint density at radius 1 is 1.48 bits per heavy atom. The number of ether oxygens (including phenoxy) is 1. The van der Waals surface area contributed by atoms with Crippen molar-refractivity contribution in [1.82, 2.24) is 10.2 Å². The van der Waals surface area contributed by atoms with Crippen LogP contribution in [0.5, 0.6) is 0 Å². The van der Waals surface area contributed by atoms with E-state index in [9.17, 15) is 4.79 Å². The average molecular weight is 342 g/mol. The van der Waals surface area contributed by atoms with Crippen LogP contribution in [-0.2, 0) is 9.53 Å². The number of benzene rings is 1. The molecule has 110 valence electrons. The molecule has 1 N–H and O–H groups in total. The summed E-state index contributed by atoms with van der Waals surface area (Å²) in [6.07, 6.45) is 0.721. The third kappa shape index (κ3) is 3.30. The molecule has 1 aromatic carbocycles. The number of esters is 1. The van der Waals surface area contributed by atoms with Crippen molar-refractivity contribution in [2.24, 2.45) is 0 Å². The van der Waals surface area contributed by atoms with E-state index in [1.807, 2.05) is 25.1 Å². The number of hydrogen-bond acceptors (Lipinski definition) is 7. The molecule has 1 aliphatic heterocycles. The van der Waals surface area contributed by atoms with E-state index in [1.165, 1.54) is 23.1 Å². The standard InChI is InChI=1S/C13H12ClN3O2S2/c1-7-8(14)3-2-4-9(7)15-12-16-17-13(21-12)20-10-5-6-19-11(10)18/h2-4,10H,5-6H2,1H3,(H,15,16)/t10-/m0/s1. The fraction of sp³-hybridized carbons (Fsp3) is 0.308. The van der Waals surface area contributed by atoms with Gasteiger partial charge < -0.3 is 10.1 Å². The zero-order valence-corrected chi connectivity index (χ0v) is 13.5. The predicted octanol–water partition coefficient (Wildman–Crippen LogP) is 3.65. The molecular formula is C13H12ClN3O2S2. The molecule has 5 nitrogen and oxygen atoms in total. The maximum atomic E-state index is 11.4. The molecule has 21 heavy (non-hydrogen) atoms. The molecule has 3 rings (SSSR count). The molecule has 0 amide bonds. The molecule has 1 fully saturated rings. The minimum absolute atomic E-state index is 0.168. The van der Waals surface area contributed by atoms with Crippen LogP contribution in [0.1, 0.15) is 12.0 Å². The molecule has 0 spiro atoms. The van der Waals surface area contributed by atoms with Gasteiger partial charge in [-0.15, -0.1) is 10.2 Å². The first-order valence-corrected chi connectivity index (χ1v) is 8.40. The summed E-state index contributed by atoms with van der Waals surface area (Å²) in [4.78, 5) is 11.4. The van der Waals surface area contributed by atoms with Gasteiger partial charge in [-0.1, -0.05) is 40.8 Å². The van der Waals surface area contributed by atoms with Crippen LogP contribution in [0.15, 0.2) is 22.5 Å². The SMILES string of the molecule is Cc1c(Cl)cccc1Nc1nnc(S[C@H]2CCOC2=O)s1. The first-order chi connectivity index (χ1) is 10.1. The zero-order valence-electron chi connectivity index (χ0n) is 11.1. The van der Waals surface area contributed by atoms with Crippen LogP contribution in [0.3, 0.4) is 0 Å². The summed E-state index contributed by atoms with van der Waals surface area (Å²) in [5.74, 6) is -0.171. The number of anilines is 2. The van der Waals surface area contributed by atoms with E-state index in [0.29, 0.717) is 16.8 Å². The third-order valence-corrected chi connectivity index (χ3v) is 5.62. The van der Waals surface area contributed by atoms with Crippen LogP contribution in [0.2, 0.25) is 5.02 Å². The van der Waals surface area contributed by atoms with Gasteiger partial charge in [-0.25, -0.2) is 0 Å². The number of aromatic nitrogens is 2. The minimum atomic E-state index is -0.171. The van der Waals surface area contributed by atoms with Crippen molar-refractivity contribution >= 4 is 51.5 Å². The Kier molecular flexibility index (Phi) is 4.32. The fourth-order valence-corrected chi connectivity index (χ4v) is 4.02. The van der Waals surface area contributed by atoms with Crippen molar-refractivity contribution in [3.63, 3.8) is 0 Å². The zero-order chi connectivity index (χ0) is 14.8. The predicted molar refractivity (Wildman–Crippen MR) is 84.6 cm³/mol. The molecule has 2 aromatic rings. The summed E-state index contributed by atoms with van der Waals surface area (Å²) >= 11 is 8.90. The Balaban J connectivity index is 1.70. The largest absolute Gasteiger partial charge is 0.465 e. The quantitative estimate of drug-likeness (QED) is 0.856. The number of carbonyl (C=O) groups excluding carboxylic acids is 1. The van der Waals surface area contributed by atoms with Crippen molar-refractivity contribution in [3.8, 4) is 0 Å². The van der Waals surface area contributed by atoms with Gasteiger partial charge in [0.1, 0.15) is 5.25 Å². The molecule has 1 aromatic heterocycles. The number of halogens is 1. The topological polar surface area (TPSA) is 64.1 Å². The number of carbonyl (C=O) groups is 1. The van der Waals surface area contributed by atoms with Crippen molar-refractivity contribution in [1.29, 1.82) is 0 Å². The Bertz CT molecular complexity index is 677.